The molecule has 108 valence electrons. The van der Waals surface area contributed by atoms with Crippen molar-refractivity contribution in [2.75, 3.05) is 32.7 Å². The average molecular weight is 282 g/mol. The predicted octanol–water partition coefficient (Wildman–Crippen LogP) is 1.78. The summed E-state index contributed by atoms with van der Waals surface area (Å²) in [5.41, 5.74) is 1.23. The smallest absolute Gasteiger partial charge is 0.107 e. The lowest BCUT2D eigenvalue weighted by atomic mass is 10.2. The lowest BCUT2D eigenvalue weighted by Gasteiger charge is -2.39. The van der Waals surface area contributed by atoms with E-state index in [0.717, 1.165) is 32.7 Å². The van der Waals surface area contributed by atoms with Crippen LogP contribution in [0.3, 0.4) is 0 Å². The van der Waals surface area contributed by atoms with Gasteiger partial charge in [-0.05, 0) is 20.0 Å². The molecule has 4 nitrogen and oxygen atoms in total. The molecule has 5 heteroatoms. The topological polar surface area (TPSA) is 31.4 Å². The molecule has 1 fully saturated rings. The molecule has 0 aliphatic carbocycles. The summed E-state index contributed by atoms with van der Waals surface area (Å²) in [6.45, 7) is 14.3. The Kier molecular flexibility index (Phi) is 5.76. The van der Waals surface area contributed by atoms with Crippen LogP contribution in [0.4, 0.5) is 0 Å². The van der Waals surface area contributed by atoms with Gasteiger partial charge in [-0.2, -0.15) is 0 Å². The molecule has 0 amide bonds. The number of nitrogens with one attached hydrogen (secondary N) is 1. The highest BCUT2D eigenvalue weighted by Crippen LogP contribution is 2.15. The quantitative estimate of drug-likeness (QED) is 0.862. The van der Waals surface area contributed by atoms with Crippen LogP contribution in [0.25, 0.3) is 0 Å². The van der Waals surface area contributed by atoms with Gasteiger partial charge in [0.15, 0.2) is 0 Å². The predicted molar refractivity (Wildman–Crippen MR) is 81.5 cm³/mol. The van der Waals surface area contributed by atoms with Gasteiger partial charge < -0.3 is 5.32 Å². The lowest BCUT2D eigenvalue weighted by molar-refractivity contribution is 0.0827. The molecule has 1 atom stereocenters. The summed E-state index contributed by atoms with van der Waals surface area (Å²) in [4.78, 5) is 9.79. The SMILES string of the molecule is CCNCc1nc(CN2CCN(CC)C(C)C2)cs1. The van der Waals surface area contributed by atoms with Gasteiger partial charge in [0, 0.05) is 44.1 Å². The third kappa shape index (κ3) is 4.24. The Morgan fingerprint density at radius 1 is 1.42 bits per heavy atom. The third-order valence-corrected chi connectivity index (χ3v) is 4.66. The maximum absolute atomic E-state index is 4.71. The Hall–Kier alpha value is -0.490. The fraction of sp³-hybridized carbons (Fsp3) is 0.786. The van der Waals surface area contributed by atoms with Crippen molar-refractivity contribution in [2.24, 2.45) is 0 Å². The Labute approximate surface area is 120 Å². The van der Waals surface area contributed by atoms with Crippen molar-refractivity contribution in [1.82, 2.24) is 20.1 Å². The summed E-state index contributed by atoms with van der Waals surface area (Å²) in [5, 5.41) is 6.75. The molecule has 1 aliphatic heterocycles. The van der Waals surface area contributed by atoms with Crippen LogP contribution >= 0.6 is 11.3 Å². The van der Waals surface area contributed by atoms with Crippen LogP contribution in [0.1, 0.15) is 31.5 Å². The highest BCUT2D eigenvalue weighted by atomic mass is 32.1. The largest absolute Gasteiger partial charge is 0.311 e. The van der Waals surface area contributed by atoms with E-state index >= 15 is 0 Å². The molecule has 0 bridgehead atoms. The highest BCUT2D eigenvalue weighted by molar-refractivity contribution is 7.09. The first kappa shape index (κ1) is 14.9. The fourth-order valence-electron chi connectivity index (χ4n) is 2.65. The second-order valence-corrected chi connectivity index (χ2v) is 6.17. The van der Waals surface area contributed by atoms with Crippen molar-refractivity contribution in [3.63, 3.8) is 0 Å². The van der Waals surface area contributed by atoms with Crippen LogP contribution in [0, 0.1) is 0 Å². The van der Waals surface area contributed by atoms with Crippen LogP contribution in [0.2, 0.25) is 0 Å². The van der Waals surface area contributed by atoms with Gasteiger partial charge in [-0.1, -0.05) is 13.8 Å². The molecule has 0 radical (unpaired) electrons. The number of piperazine rings is 1. The number of rotatable bonds is 6. The summed E-state index contributed by atoms with van der Waals surface area (Å²) < 4.78 is 0. The first-order valence-corrected chi connectivity index (χ1v) is 8.21. The monoisotopic (exact) mass is 282 g/mol. The van der Waals surface area contributed by atoms with Gasteiger partial charge in [0.05, 0.1) is 5.69 Å². The normalized spacial score (nSPS) is 21.9. The molecule has 0 spiro atoms. The third-order valence-electron chi connectivity index (χ3n) is 3.77. The van der Waals surface area contributed by atoms with E-state index in [0.29, 0.717) is 6.04 Å². The van der Waals surface area contributed by atoms with E-state index in [1.165, 1.54) is 23.8 Å². The van der Waals surface area contributed by atoms with Gasteiger partial charge in [0.1, 0.15) is 5.01 Å². The molecule has 1 N–H and O–H groups in total. The minimum atomic E-state index is 0.665. The van der Waals surface area contributed by atoms with E-state index in [1.807, 2.05) is 0 Å². The van der Waals surface area contributed by atoms with Gasteiger partial charge in [0.2, 0.25) is 0 Å². The molecular formula is C14H26N4S. The standard InChI is InChI=1S/C14H26N4S/c1-4-15-8-14-16-13(11-19-14)10-17-6-7-18(5-2)12(3)9-17/h11-12,15H,4-10H2,1-3H3. The number of nitrogens with zero attached hydrogens (tertiary/aromatic N) is 3. The molecule has 19 heavy (non-hydrogen) atoms. The zero-order chi connectivity index (χ0) is 13.7. The van der Waals surface area contributed by atoms with Gasteiger partial charge >= 0.3 is 0 Å². The van der Waals surface area contributed by atoms with E-state index < -0.39 is 0 Å². The zero-order valence-electron chi connectivity index (χ0n) is 12.4. The van der Waals surface area contributed by atoms with E-state index in [-0.39, 0.29) is 0 Å². The first-order valence-electron chi connectivity index (χ1n) is 7.33. The van der Waals surface area contributed by atoms with Gasteiger partial charge in [-0.15, -0.1) is 11.3 Å². The number of hydrogen-bond donors (Lipinski definition) is 1. The molecule has 1 aromatic heterocycles. The lowest BCUT2D eigenvalue weighted by Crippen LogP contribution is -2.51. The van der Waals surface area contributed by atoms with Crippen molar-refractivity contribution in [3.8, 4) is 0 Å². The Morgan fingerprint density at radius 3 is 2.95 bits per heavy atom. The van der Waals surface area contributed by atoms with Gasteiger partial charge in [-0.25, -0.2) is 4.98 Å². The van der Waals surface area contributed by atoms with E-state index in [9.17, 15) is 0 Å². The molecule has 2 rings (SSSR count). The Morgan fingerprint density at radius 2 is 2.26 bits per heavy atom. The Bertz CT molecular complexity index is 379. The van der Waals surface area contributed by atoms with Crippen molar-refractivity contribution in [3.05, 3.63) is 16.1 Å². The van der Waals surface area contributed by atoms with Crippen LogP contribution in [-0.4, -0.2) is 53.5 Å². The molecule has 1 unspecified atom stereocenters. The van der Waals surface area contributed by atoms with Crippen LogP contribution in [-0.2, 0) is 13.1 Å². The number of likely N-dealkylation sites (N-methyl/N-ethyl adjacent to an activating group) is 1. The average Bonchev–Trinajstić information content (AvgIpc) is 2.84. The molecule has 0 aromatic carbocycles. The minimum absolute atomic E-state index is 0.665. The van der Waals surface area contributed by atoms with Crippen molar-refractivity contribution in [2.45, 2.75) is 39.9 Å². The van der Waals surface area contributed by atoms with Crippen molar-refractivity contribution < 1.29 is 0 Å². The number of hydrogen-bond acceptors (Lipinski definition) is 5. The van der Waals surface area contributed by atoms with Crippen molar-refractivity contribution in [1.29, 1.82) is 0 Å². The molecule has 1 aliphatic rings. The van der Waals surface area contributed by atoms with E-state index in [1.54, 1.807) is 11.3 Å². The van der Waals surface area contributed by atoms with E-state index in [2.05, 4.69) is 41.3 Å². The minimum Gasteiger partial charge on any atom is -0.311 e. The van der Waals surface area contributed by atoms with Crippen LogP contribution in [0.5, 0.6) is 0 Å². The summed E-state index contributed by atoms with van der Waals surface area (Å²) in [5.74, 6) is 0. The molecule has 1 saturated heterocycles. The molecule has 1 aromatic rings. The highest BCUT2D eigenvalue weighted by Gasteiger charge is 2.22. The van der Waals surface area contributed by atoms with Gasteiger partial charge in [-0.3, -0.25) is 9.80 Å². The Balaban J connectivity index is 1.83. The summed E-state index contributed by atoms with van der Waals surface area (Å²) >= 11 is 1.77. The molecule has 2 heterocycles. The second kappa shape index (κ2) is 7.33. The maximum atomic E-state index is 4.71. The van der Waals surface area contributed by atoms with E-state index in [4.69, 9.17) is 4.98 Å². The molecular weight excluding hydrogens is 256 g/mol. The maximum Gasteiger partial charge on any atom is 0.107 e. The molecule has 0 saturated carbocycles. The second-order valence-electron chi connectivity index (χ2n) is 5.23. The van der Waals surface area contributed by atoms with Gasteiger partial charge in [0.25, 0.3) is 0 Å². The summed E-state index contributed by atoms with van der Waals surface area (Å²) in [6, 6.07) is 0.665. The van der Waals surface area contributed by atoms with Crippen LogP contribution in [0.15, 0.2) is 5.38 Å². The fourth-order valence-corrected chi connectivity index (χ4v) is 3.40. The summed E-state index contributed by atoms with van der Waals surface area (Å²) in [6.07, 6.45) is 0. The zero-order valence-corrected chi connectivity index (χ0v) is 13.2. The van der Waals surface area contributed by atoms with Crippen LogP contribution < -0.4 is 5.32 Å². The number of aromatic nitrogens is 1. The number of thiazole rings is 1. The van der Waals surface area contributed by atoms with Crippen molar-refractivity contribution >= 4 is 11.3 Å². The first-order chi connectivity index (χ1) is 9.22. The summed E-state index contributed by atoms with van der Waals surface area (Å²) in [7, 11) is 0.